The van der Waals surface area contributed by atoms with E-state index in [1.165, 1.54) is 0 Å². The van der Waals surface area contributed by atoms with Crippen LogP contribution in [0.3, 0.4) is 0 Å². The molecule has 26 heavy (non-hydrogen) atoms. The largest absolute Gasteiger partial charge is 0.494 e. The maximum Gasteiger partial charge on any atom is 0.119 e. The molecule has 0 aliphatic rings. The molecule has 0 heterocycles. The molecule has 142 valence electrons. The van der Waals surface area contributed by atoms with Gasteiger partial charge in [0, 0.05) is 0 Å². The normalized spacial score (nSPS) is 13.2. The Morgan fingerprint density at radius 3 is 1.31 bits per heavy atom. The van der Waals surface area contributed by atoms with Crippen LogP contribution in [-0.4, -0.2) is 23.4 Å². The molecular weight excluding hydrogens is 328 g/mol. The van der Waals surface area contributed by atoms with Gasteiger partial charge >= 0.3 is 0 Å². The summed E-state index contributed by atoms with van der Waals surface area (Å²) >= 11 is 0. The van der Waals surface area contributed by atoms with Gasteiger partial charge in [-0.2, -0.15) is 0 Å². The zero-order valence-corrected chi connectivity index (χ0v) is 15.7. The van der Waals surface area contributed by atoms with Crippen LogP contribution < -0.4 is 9.47 Å². The Bertz CT molecular complexity index is 564. The fourth-order valence-electron chi connectivity index (χ4n) is 2.91. The van der Waals surface area contributed by atoms with Gasteiger partial charge in [0.05, 0.1) is 25.4 Å². The molecule has 2 aromatic carbocycles. The molecule has 0 bridgehead atoms. The van der Waals surface area contributed by atoms with E-state index in [0.717, 1.165) is 35.5 Å². The Kier molecular flexibility index (Phi) is 8.45. The molecule has 2 atom stereocenters. The van der Waals surface area contributed by atoms with Gasteiger partial charge in [0.25, 0.3) is 0 Å². The van der Waals surface area contributed by atoms with Crippen LogP contribution in [0.25, 0.3) is 0 Å². The van der Waals surface area contributed by atoms with Crippen molar-refractivity contribution >= 4 is 0 Å². The molecule has 0 radical (unpaired) electrons. The molecule has 2 unspecified atom stereocenters. The molecule has 0 amide bonds. The summed E-state index contributed by atoms with van der Waals surface area (Å²) in [7, 11) is 0. The van der Waals surface area contributed by atoms with E-state index >= 15 is 0 Å². The van der Waals surface area contributed by atoms with Gasteiger partial charge in [0.2, 0.25) is 0 Å². The molecule has 4 nitrogen and oxygen atoms in total. The van der Waals surface area contributed by atoms with Crippen molar-refractivity contribution in [1.29, 1.82) is 0 Å². The van der Waals surface area contributed by atoms with Gasteiger partial charge < -0.3 is 19.7 Å². The van der Waals surface area contributed by atoms with E-state index in [1.54, 1.807) is 0 Å². The van der Waals surface area contributed by atoms with Crippen molar-refractivity contribution in [3.63, 3.8) is 0 Å². The highest BCUT2D eigenvalue weighted by Gasteiger charge is 2.10. The molecule has 0 saturated carbocycles. The second kappa shape index (κ2) is 10.8. The first-order chi connectivity index (χ1) is 12.6. The van der Waals surface area contributed by atoms with Crippen LogP contribution in [0.2, 0.25) is 0 Å². The van der Waals surface area contributed by atoms with Crippen LogP contribution in [0.5, 0.6) is 11.5 Å². The Morgan fingerprint density at radius 1 is 0.654 bits per heavy atom. The maximum absolute atomic E-state index is 10.3. The number of unbranched alkanes of at least 4 members (excludes halogenated alkanes) is 1. The maximum atomic E-state index is 10.3. The Labute approximate surface area is 156 Å². The third kappa shape index (κ3) is 6.36. The van der Waals surface area contributed by atoms with Gasteiger partial charge in [-0.3, -0.25) is 0 Å². The number of aliphatic hydroxyl groups excluding tert-OH is 2. The van der Waals surface area contributed by atoms with Crippen LogP contribution in [-0.2, 0) is 0 Å². The van der Waals surface area contributed by atoms with Gasteiger partial charge in [0.1, 0.15) is 11.5 Å². The summed E-state index contributed by atoms with van der Waals surface area (Å²) in [6, 6.07) is 15.2. The van der Waals surface area contributed by atoms with E-state index in [1.807, 2.05) is 62.4 Å². The number of benzene rings is 2. The number of rotatable bonds is 11. The number of ether oxygens (including phenoxy) is 2. The Balaban J connectivity index is 1.71. The monoisotopic (exact) mass is 358 g/mol. The number of aliphatic hydroxyl groups is 2. The minimum atomic E-state index is -0.478. The highest BCUT2D eigenvalue weighted by Crippen LogP contribution is 2.25. The standard InChI is InChI=1S/C22H30O4/c1-3-25-19-13-9-17(10-14-19)21(23)7-5-6-8-22(24)18-11-15-20(16-12-18)26-4-2/h9-16,21-24H,3-8H2,1-2H3. The summed E-state index contributed by atoms with van der Waals surface area (Å²) in [6.07, 6.45) is 2.14. The summed E-state index contributed by atoms with van der Waals surface area (Å²) in [5, 5.41) is 20.6. The zero-order chi connectivity index (χ0) is 18.8. The number of hydrogen-bond donors (Lipinski definition) is 2. The SMILES string of the molecule is CCOc1ccc(C(O)CCCCC(O)c2ccc(OCC)cc2)cc1. The average Bonchev–Trinajstić information content (AvgIpc) is 2.66. The van der Waals surface area contributed by atoms with Gasteiger partial charge in [0.15, 0.2) is 0 Å². The Hall–Kier alpha value is -2.04. The fraction of sp³-hybridized carbons (Fsp3) is 0.455. The molecule has 2 N–H and O–H groups in total. The summed E-state index contributed by atoms with van der Waals surface area (Å²) in [5.74, 6) is 1.64. The van der Waals surface area contributed by atoms with Crippen LogP contribution >= 0.6 is 0 Å². The topological polar surface area (TPSA) is 58.9 Å². The number of hydrogen-bond acceptors (Lipinski definition) is 4. The lowest BCUT2D eigenvalue weighted by atomic mass is 9.99. The van der Waals surface area contributed by atoms with Gasteiger partial charge in [-0.25, -0.2) is 0 Å². The van der Waals surface area contributed by atoms with Gasteiger partial charge in [-0.1, -0.05) is 37.1 Å². The average molecular weight is 358 g/mol. The molecule has 0 saturated heterocycles. The van der Waals surface area contributed by atoms with Crippen molar-refractivity contribution in [2.24, 2.45) is 0 Å². The smallest absolute Gasteiger partial charge is 0.119 e. The highest BCUT2D eigenvalue weighted by molar-refractivity contribution is 5.29. The minimum Gasteiger partial charge on any atom is -0.494 e. The van der Waals surface area contributed by atoms with Crippen LogP contribution in [0.15, 0.2) is 48.5 Å². The molecule has 0 fully saturated rings. The van der Waals surface area contributed by atoms with Crippen molar-refractivity contribution in [1.82, 2.24) is 0 Å². The quantitative estimate of drug-likeness (QED) is 0.566. The summed E-state index contributed by atoms with van der Waals surface area (Å²) in [6.45, 7) is 5.17. The van der Waals surface area contributed by atoms with Gasteiger partial charge in [-0.05, 0) is 62.1 Å². The first kappa shape index (κ1) is 20.3. The molecule has 0 spiro atoms. The van der Waals surface area contributed by atoms with E-state index in [-0.39, 0.29) is 0 Å². The van der Waals surface area contributed by atoms with Crippen LogP contribution in [0.4, 0.5) is 0 Å². The zero-order valence-electron chi connectivity index (χ0n) is 15.7. The molecular formula is C22H30O4. The summed E-state index contributed by atoms with van der Waals surface area (Å²) in [5.41, 5.74) is 1.81. The van der Waals surface area contributed by atoms with Crippen molar-refractivity contribution in [3.05, 3.63) is 59.7 Å². The van der Waals surface area contributed by atoms with Crippen molar-refractivity contribution in [2.45, 2.75) is 51.7 Å². The van der Waals surface area contributed by atoms with Crippen LogP contribution in [0.1, 0.15) is 62.9 Å². The highest BCUT2D eigenvalue weighted by atomic mass is 16.5. The third-order valence-electron chi connectivity index (χ3n) is 4.36. The molecule has 0 aliphatic carbocycles. The molecule has 2 rings (SSSR count). The van der Waals surface area contributed by atoms with Crippen molar-refractivity contribution < 1.29 is 19.7 Å². The predicted molar refractivity (Wildman–Crippen MR) is 104 cm³/mol. The van der Waals surface area contributed by atoms with Crippen LogP contribution in [0, 0.1) is 0 Å². The molecule has 4 heteroatoms. The van der Waals surface area contributed by atoms with E-state index in [0.29, 0.717) is 26.1 Å². The predicted octanol–water partition coefficient (Wildman–Crippen LogP) is 4.81. The molecule has 0 aromatic heterocycles. The molecule has 0 aliphatic heterocycles. The van der Waals surface area contributed by atoms with Gasteiger partial charge in [-0.15, -0.1) is 0 Å². The fourth-order valence-corrected chi connectivity index (χ4v) is 2.91. The first-order valence-corrected chi connectivity index (χ1v) is 9.45. The third-order valence-corrected chi connectivity index (χ3v) is 4.36. The lowest BCUT2D eigenvalue weighted by Gasteiger charge is -2.14. The summed E-state index contributed by atoms with van der Waals surface area (Å²) < 4.78 is 10.8. The lowest BCUT2D eigenvalue weighted by molar-refractivity contribution is 0.146. The lowest BCUT2D eigenvalue weighted by Crippen LogP contribution is -2.01. The molecule has 2 aromatic rings. The second-order valence-electron chi connectivity index (χ2n) is 6.32. The second-order valence-corrected chi connectivity index (χ2v) is 6.32. The van der Waals surface area contributed by atoms with E-state index in [2.05, 4.69) is 0 Å². The van der Waals surface area contributed by atoms with E-state index < -0.39 is 12.2 Å². The van der Waals surface area contributed by atoms with E-state index in [9.17, 15) is 10.2 Å². The summed E-state index contributed by atoms with van der Waals surface area (Å²) in [4.78, 5) is 0. The minimum absolute atomic E-state index is 0.478. The first-order valence-electron chi connectivity index (χ1n) is 9.45. The van der Waals surface area contributed by atoms with Crippen molar-refractivity contribution in [3.8, 4) is 11.5 Å². The van der Waals surface area contributed by atoms with Crippen molar-refractivity contribution in [2.75, 3.05) is 13.2 Å². The Morgan fingerprint density at radius 2 is 1.00 bits per heavy atom. The van der Waals surface area contributed by atoms with E-state index in [4.69, 9.17) is 9.47 Å².